The van der Waals surface area contributed by atoms with Gasteiger partial charge in [0.1, 0.15) is 0 Å². The predicted molar refractivity (Wildman–Crippen MR) is 145 cm³/mol. The fourth-order valence-corrected chi connectivity index (χ4v) is 5.72. The van der Waals surface area contributed by atoms with Gasteiger partial charge in [-0.2, -0.15) is 5.10 Å². The van der Waals surface area contributed by atoms with Gasteiger partial charge in [0, 0.05) is 11.9 Å². The Morgan fingerprint density at radius 3 is 2.75 bits per heavy atom. The van der Waals surface area contributed by atoms with Crippen LogP contribution in [0.4, 0.5) is 5.13 Å². The largest absolute Gasteiger partial charge is 0.299 e. The highest BCUT2D eigenvalue weighted by Crippen LogP contribution is 2.28. The number of likely N-dealkylation sites (tertiary alicyclic amines) is 1. The second-order valence-electron chi connectivity index (χ2n) is 9.65. The lowest BCUT2D eigenvalue weighted by atomic mass is 9.99. The highest BCUT2D eigenvalue weighted by atomic mass is 32.1. The van der Waals surface area contributed by atoms with Gasteiger partial charge in [0.05, 0.1) is 33.2 Å². The van der Waals surface area contributed by atoms with Crippen LogP contribution in [-0.2, 0) is 6.54 Å². The van der Waals surface area contributed by atoms with Crippen LogP contribution >= 0.6 is 11.3 Å². The van der Waals surface area contributed by atoms with E-state index in [1.165, 1.54) is 29.7 Å². The van der Waals surface area contributed by atoms with Crippen LogP contribution in [0, 0.1) is 12.8 Å². The first-order valence-corrected chi connectivity index (χ1v) is 13.2. The molecule has 0 saturated carbocycles. The van der Waals surface area contributed by atoms with Crippen LogP contribution in [0.2, 0.25) is 0 Å². The third-order valence-corrected chi connectivity index (χ3v) is 7.94. The fourth-order valence-electron chi connectivity index (χ4n) is 4.80. The maximum absolute atomic E-state index is 13.1. The number of rotatable bonds is 5. The number of anilines is 1. The Balaban J connectivity index is 1.18. The second kappa shape index (κ2) is 9.44. The predicted octanol–water partition coefficient (Wildman–Crippen LogP) is 5.82. The van der Waals surface area contributed by atoms with Gasteiger partial charge in [0.15, 0.2) is 10.9 Å². The molecule has 0 atom stereocenters. The van der Waals surface area contributed by atoms with Gasteiger partial charge in [-0.15, -0.1) is 0 Å². The fraction of sp³-hybridized carbons (Fsp3) is 0.286. The number of piperidine rings is 1. The van der Waals surface area contributed by atoms with Gasteiger partial charge in [-0.3, -0.25) is 15.0 Å². The van der Waals surface area contributed by atoms with Crippen LogP contribution < -0.4 is 5.32 Å². The molecule has 0 bridgehead atoms. The number of pyridine rings is 1. The van der Waals surface area contributed by atoms with E-state index in [9.17, 15) is 4.79 Å². The number of amides is 1. The average molecular weight is 497 g/mol. The van der Waals surface area contributed by atoms with E-state index in [-0.39, 0.29) is 5.91 Å². The SMILES string of the molecule is Cc1c(C(=O)Nc2nc3ccc(CN4CCC(C)CC4)cc3s2)cnn1-c1ccc2ccccc2n1. The van der Waals surface area contributed by atoms with Crippen molar-refractivity contribution in [1.29, 1.82) is 0 Å². The van der Waals surface area contributed by atoms with Crippen LogP contribution in [0.25, 0.3) is 26.9 Å². The molecule has 1 aliphatic heterocycles. The Morgan fingerprint density at radius 1 is 1.06 bits per heavy atom. The number of aromatic nitrogens is 4. The van der Waals surface area contributed by atoms with E-state index < -0.39 is 0 Å². The topological polar surface area (TPSA) is 75.9 Å². The molecular weight excluding hydrogens is 468 g/mol. The molecule has 6 rings (SSSR count). The van der Waals surface area contributed by atoms with Crippen LogP contribution in [0.15, 0.2) is 60.8 Å². The Kier molecular flexibility index (Phi) is 5.99. The molecule has 1 fully saturated rings. The summed E-state index contributed by atoms with van der Waals surface area (Å²) < 4.78 is 2.79. The maximum atomic E-state index is 13.1. The monoisotopic (exact) mass is 496 g/mol. The Bertz CT molecular complexity index is 1560. The van der Waals surface area contributed by atoms with Gasteiger partial charge < -0.3 is 0 Å². The number of fused-ring (bicyclic) bond motifs is 2. The van der Waals surface area contributed by atoms with Crippen molar-refractivity contribution in [2.45, 2.75) is 33.2 Å². The van der Waals surface area contributed by atoms with Crippen molar-refractivity contribution < 1.29 is 4.79 Å². The van der Waals surface area contributed by atoms with Crippen molar-refractivity contribution in [1.82, 2.24) is 24.6 Å². The zero-order valence-corrected chi connectivity index (χ0v) is 21.3. The number of hydrogen-bond donors (Lipinski definition) is 1. The normalized spacial score (nSPS) is 15.1. The van der Waals surface area contributed by atoms with Gasteiger partial charge in [0.2, 0.25) is 0 Å². The number of carbonyl (C=O) groups excluding carboxylic acids is 1. The van der Waals surface area contributed by atoms with Crippen molar-refractivity contribution in [2.24, 2.45) is 5.92 Å². The van der Waals surface area contributed by atoms with Crippen LogP contribution in [0.5, 0.6) is 0 Å². The number of para-hydroxylation sites is 1. The zero-order valence-electron chi connectivity index (χ0n) is 20.4. The summed E-state index contributed by atoms with van der Waals surface area (Å²) in [6, 6.07) is 18.3. The summed E-state index contributed by atoms with van der Waals surface area (Å²) in [7, 11) is 0. The molecular formula is C28H28N6OS. The molecule has 36 heavy (non-hydrogen) atoms. The Labute approximate surface area is 213 Å². The molecule has 4 heterocycles. The summed E-state index contributed by atoms with van der Waals surface area (Å²) in [6.07, 6.45) is 4.13. The number of nitrogens with one attached hydrogen (secondary N) is 1. The van der Waals surface area contributed by atoms with Crippen molar-refractivity contribution in [3.8, 4) is 5.82 Å². The molecule has 1 saturated heterocycles. The first-order valence-electron chi connectivity index (χ1n) is 12.4. The lowest BCUT2D eigenvalue weighted by molar-refractivity contribution is 0.102. The zero-order chi connectivity index (χ0) is 24.6. The Hall–Kier alpha value is -3.62. The van der Waals surface area contributed by atoms with Gasteiger partial charge in [-0.05, 0) is 74.7 Å². The Morgan fingerprint density at radius 2 is 1.89 bits per heavy atom. The standard InChI is InChI=1S/C28H28N6OS/c1-18-11-13-33(14-12-18)17-20-7-9-24-25(15-20)36-28(31-24)32-27(35)22-16-29-34(19(22)2)26-10-8-21-5-3-4-6-23(21)30-26/h3-10,15-16,18H,11-14,17H2,1-2H3,(H,31,32,35). The summed E-state index contributed by atoms with van der Waals surface area (Å²) in [4.78, 5) is 25.0. The van der Waals surface area contributed by atoms with E-state index in [1.54, 1.807) is 10.9 Å². The lowest BCUT2D eigenvalue weighted by Gasteiger charge is -2.30. The highest BCUT2D eigenvalue weighted by molar-refractivity contribution is 7.22. The van der Waals surface area contributed by atoms with Crippen molar-refractivity contribution in [3.05, 3.63) is 77.6 Å². The van der Waals surface area contributed by atoms with Crippen molar-refractivity contribution in [2.75, 3.05) is 18.4 Å². The molecule has 1 N–H and O–H groups in total. The van der Waals surface area contributed by atoms with E-state index in [0.29, 0.717) is 16.5 Å². The molecule has 0 unspecified atom stereocenters. The van der Waals surface area contributed by atoms with E-state index in [2.05, 4.69) is 45.4 Å². The molecule has 182 valence electrons. The third-order valence-electron chi connectivity index (χ3n) is 7.01. The van der Waals surface area contributed by atoms with Crippen LogP contribution in [-0.4, -0.2) is 43.6 Å². The number of carbonyl (C=O) groups is 1. The first-order chi connectivity index (χ1) is 17.5. The number of nitrogens with zero attached hydrogens (tertiary/aromatic N) is 5. The van der Waals surface area contributed by atoms with Gasteiger partial charge >= 0.3 is 0 Å². The van der Waals surface area contributed by atoms with Gasteiger partial charge in [-0.1, -0.05) is 42.5 Å². The molecule has 0 spiro atoms. The molecule has 0 radical (unpaired) electrons. The number of thiazole rings is 1. The smallest absolute Gasteiger partial charge is 0.260 e. The minimum Gasteiger partial charge on any atom is -0.299 e. The molecule has 2 aromatic carbocycles. The summed E-state index contributed by atoms with van der Waals surface area (Å²) >= 11 is 1.51. The quantitative estimate of drug-likeness (QED) is 0.332. The second-order valence-corrected chi connectivity index (χ2v) is 10.7. The average Bonchev–Trinajstić information content (AvgIpc) is 3.47. The lowest BCUT2D eigenvalue weighted by Crippen LogP contribution is -2.32. The maximum Gasteiger partial charge on any atom is 0.260 e. The molecule has 3 aromatic heterocycles. The molecule has 0 aliphatic carbocycles. The highest BCUT2D eigenvalue weighted by Gasteiger charge is 2.19. The minimum absolute atomic E-state index is 0.221. The summed E-state index contributed by atoms with van der Waals surface area (Å²) in [5.74, 6) is 1.29. The van der Waals surface area contributed by atoms with Crippen molar-refractivity contribution >= 4 is 43.5 Å². The molecule has 5 aromatic rings. The van der Waals surface area contributed by atoms with Crippen LogP contribution in [0.3, 0.4) is 0 Å². The third kappa shape index (κ3) is 4.50. The number of hydrogen-bond acceptors (Lipinski definition) is 6. The van der Waals surface area contributed by atoms with E-state index >= 15 is 0 Å². The molecule has 8 heteroatoms. The first kappa shape index (κ1) is 22.8. The summed E-state index contributed by atoms with van der Waals surface area (Å²) in [5.41, 5.74) is 4.32. The molecule has 1 amide bonds. The molecule has 1 aliphatic rings. The van der Waals surface area contributed by atoms with E-state index in [0.717, 1.165) is 52.4 Å². The van der Waals surface area contributed by atoms with E-state index in [4.69, 9.17) is 4.98 Å². The van der Waals surface area contributed by atoms with Crippen LogP contribution in [0.1, 0.15) is 41.4 Å². The molecule has 7 nitrogen and oxygen atoms in total. The number of benzene rings is 2. The van der Waals surface area contributed by atoms with Crippen molar-refractivity contribution in [3.63, 3.8) is 0 Å². The summed E-state index contributed by atoms with van der Waals surface area (Å²) in [5, 5.41) is 9.07. The van der Waals surface area contributed by atoms with Gasteiger partial charge in [-0.25, -0.2) is 14.6 Å². The van der Waals surface area contributed by atoms with E-state index in [1.807, 2.05) is 43.3 Å². The minimum atomic E-state index is -0.221. The summed E-state index contributed by atoms with van der Waals surface area (Å²) in [6.45, 7) is 7.49. The van der Waals surface area contributed by atoms with Gasteiger partial charge in [0.25, 0.3) is 5.91 Å².